The van der Waals surface area contributed by atoms with E-state index in [4.69, 9.17) is 5.11 Å². The smallest absolute Gasteiger partial charge is 0.323 e. The van der Waals surface area contributed by atoms with Gasteiger partial charge in [-0.2, -0.15) is 5.10 Å². The maximum atomic E-state index is 11.2. The number of carboxylic acid groups (broad SMARTS) is 1. The van der Waals surface area contributed by atoms with Gasteiger partial charge < -0.3 is 5.11 Å². The Morgan fingerprint density at radius 3 is 2.47 bits per heavy atom. The minimum atomic E-state index is -0.905. The van der Waals surface area contributed by atoms with E-state index in [2.05, 4.69) is 21.0 Å². The zero-order chi connectivity index (χ0) is 13.4. The lowest BCUT2D eigenvalue weighted by Crippen LogP contribution is -2.47. The van der Waals surface area contributed by atoms with Gasteiger partial charge in [-0.25, -0.2) is 0 Å². The van der Waals surface area contributed by atoms with Crippen LogP contribution in [0.5, 0.6) is 0 Å². The molecule has 1 aromatic rings. The zero-order valence-electron chi connectivity index (χ0n) is 10.8. The van der Waals surface area contributed by atoms with Crippen molar-refractivity contribution in [3.63, 3.8) is 0 Å². The van der Waals surface area contributed by atoms with Gasteiger partial charge in [0.15, 0.2) is 0 Å². The topological polar surface area (TPSA) is 58.4 Å². The summed E-state index contributed by atoms with van der Waals surface area (Å²) in [7, 11) is 3.65. The Labute approximate surface area is 110 Å². The van der Waals surface area contributed by atoms with Crippen LogP contribution in [0.2, 0.25) is 0 Å². The lowest BCUT2D eigenvalue weighted by Gasteiger charge is -2.31. The largest absolute Gasteiger partial charge is 0.480 e. The molecule has 1 N–H and O–H groups in total. The monoisotopic (exact) mass is 303 g/mol. The van der Waals surface area contributed by atoms with Crippen LogP contribution < -0.4 is 0 Å². The van der Waals surface area contributed by atoms with E-state index in [-0.39, 0.29) is 0 Å². The van der Waals surface area contributed by atoms with Gasteiger partial charge in [-0.1, -0.05) is 0 Å². The summed E-state index contributed by atoms with van der Waals surface area (Å²) in [6, 6.07) is 0. The second-order valence-corrected chi connectivity index (χ2v) is 5.48. The molecule has 0 fully saturated rings. The van der Waals surface area contributed by atoms with Crippen LogP contribution >= 0.6 is 15.9 Å². The van der Waals surface area contributed by atoms with Gasteiger partial charge in [0.1, 0.15) is 5.54 Å². The van der Waals surface area contributed by atoms with Crippen molar-refractivity contribution in [2.45, 2.75) is 32.9 Å². The maximum absolute atomic E-state index is 11.2. The molecular weight excluding hydrogens is 286 g/mol. The second-order valence-electron chi connectivity index (χ2n) is 4.69. The first-order valence-electron chi connectivity index (χ1n) is 5.30. The minimum absolute atomic E-state index is 0.525. The Morgan fingerprint density at radius 2 is 2.12 bits per heavy atom. The summed E-state index contributed by atoms with van der Waals surface area (Å²) < 4.78 is 2.71. The van der Waals surface area contributed by atoms with Gasteiger partial charge in [-0.15, -0.1) is 0 Å². The quantitative estimate of drug-likeness (QED) is 0.921. The number of aryl methyl sites for hydroxylation is 2. The number of nitrogens with zero attached hydrogens (tertiary/aromatic N) is 3. The van der Waals surface area contributed by atoms with Gasteiger partial charge in [0.05, 0.1) is 15.9 Å². The summed E-state index contributed by atoms with van der Waals surface area (Å²) in [6.45, 7) is 5.81. The molecule has 0 aliphatic heterocycles. The minimum Gasteiger partial charge on any atom is -0.480 e. The highest BCUT2D eigenvalue weighted by Gasteiger charge is 2.32. The fourth-order valence-electron chi connectivity index (χ4n) is 1.44. The number of carboxylic acids is 1. The highest BCUT2D eigenvalue weighted by atomic mass is 79.9. The van der Waals surface area contributed by atoms with E-state index in [0.717, 1.165) is 15.9 Å². The number of carbonyl (C=O) groups is 1. The molecule has 0 bridgehead atoms. The highest BCUT2D eigenvalue weighted by Crippen LogP contribution is 2.24. The van der Waals surface area contributed by atoms with Crippen LogP contribution in [0.15, 0.2) is 4.47 Å². The van der Waals surface area contributed by atoms with Crippen LogP contribution in [-0.2, 0) is 18.4 Å². The molecule has 0 aromatic carbocycles. The molecule has 0 unspecified atom stereocenters. The van der Waals surface area contributed by atoms with Gasteiger partial charge in [-0.3, -0.25) is 14.4 Å². The molecule has 0 aliphatic carbocycles. The number of hydrogen-bond acceptors (Lipinski definition) is 3. The first-order chi connectivity index (χ1) is 7.67. The van der Waals surface area contributed by atoms with Gasteiger partial charge >= 0.3 is 5.97 Å². The van der Waals surface area contributed by atoms with Crippen molar-refractivity contribution < 1.29 is 9.90 Å². The Hall–Kier alpha value is -0.880. The summed E-state index contributed by atoms with van der Waals surface area (Å²) in [5.41, 5.74) is 0.973. The normalized spacial score (nSPS) is 12.2. The third-order valence-electron chi connectivity index (χ3n) is 3.13. The molecule has 0 amide bonds. The molecule has 1 heterocycles. The number of rotatable bonds is 4. The van der Waals surface area contributed by atoms with E-state index in [1.165, 1.54) is 0 Å². The fraction of sp³-hybridized carbons (Fsp3) is 0.636. The van der Waals surface area contributed by atoms with Crippen molar-refractivity contribution in [3.05, 3.63) is 15.9 Å². The van der Waals surface area contributed by atoms with Crippen molar-refractivity contribution in [3.8, 4) is 0 Å². The third-order valence-corrected chi connectivity index (χ3v) is 4.16. The molecule has 17 heavy (non-hydrogen) atoms. The third kappa shape index (κ3) is 2.69. The molecular formula is C11H18BrN3O2. The highest BCUT2D eigenvalue weighted by molar-refractivity contribution is 9.10. The van der Waals surface area contributed by atoms with E-state index in [9.17, 15) is 4.79 Å². The van der Waals surface area contributed by atoms with Crippen LogP contribution in [0.25, 0.3) is 0 Å². The Bertz CT molecular complexity index is 440. The van der Waals surface area contributed by atoms with Crippen molar-refractivity contribution in [2.24, 2.45) is 7.05 Å². The van der Waals surface area contributed by atoms with Crippen LogP contribution in [0.1, 0.15) is 25.2 Å². The summed E-state index contributed by atoms with van der Waals surface area (Å²) in [6.07, 6.45) is 0. The van der Waals surface area contributed by atoms with E-state index >= 15 is 0 Å². The average molecular weight is 304 g/mol. The molecule has 96 valence electrons. The lowest BCUT2D eigenvalue weighted by atomic mass is 10.0. The van der Waals surface area contributed by atoms with Gasteiger partial charge in [-0.05, 0) is 43.7 Å². The molecule has 0 spiro atoms. The van der Waals surface area contributed by atoms with Crippen molar-refractivity contribution >= 4 is 21.9 Å². The Kier molecular flexibility index (Phi) is 3.99. The van der Waals surface area contributed by atoms with E-state index < -0.39 is 11.5 Å². The molecule has 5 nitrogen and oxygen atoms in total. The molecule has 0 aliphatic rings. The molecule has 1 rings (SSSR count). The van der Waals surface area contributed by atoms with Gasteiger partial charge in [0, 0.05) is 13.6 Å². The lowest BCUT2D eigenvalue weighted by molar-refractivity contribution is -0.148. The first kappa shape index (κ1) is 14.2. The number of likely N-dealkylation sites (N-methyl/N-ethyl adjacent to an activating group) is 1. The zero-order valence-corrected chi connectivity index (χ0v) is 12.4. The summed E-state index contributed by atoms with van der Waals surface area (Å²) in [5.74, 6) is -0.838. The Balaban J connectivity index is 2.96. The van der Waals surface area contributed by atoms with Gasteiger partial charge in [0.2, 0.25) is 0 Å². The predicted octanol–water partition coefficient (Wildman–Crippen LogP) is 1.79. The standard InChI is InChI=1S/C11H18BrN3O2/c1-7-9(12)8(15(5)13-7)6-14(4)11(2,3)10(16)17/h6H2,1-5H3,(H,16,17). The van der Waals surface area contributed by atoms with Crippen molar-refractivity contribution in [1.82, 2.24) is 14.7 Å². The molecule has 1 aromatic heterocycles. The number of hydrogen-bond donors (Lipinski definition) is 1. The molecule has 0 saturated carbocycles. The number of aliphatic carboxylic acids is 1. The van der Waals surface area contributed by atoms with Crippen molar-refractivity contribution in [2.75, 3.05) is 7.05 Å². The molecule has 0 atom stereocenters. The predicted molar refractivity (Wildman–Crippen MR) is 68.8 cm³/mol. The SMILES string of the molecule is Cc1nn(C)c(CN(C)C(C)(C)C(=O)O)c1Br. The summed E-state index contributed by atoms with van der Waals surface area (Å²) in [5, 5.41) is 13.4. The van der Waals surface area contributed by atoms with Crippen LogP contribution in [0, 0.1) is 6.92 Å². The van der Waals surface area contributed by atoms with Crippen LogP contribution in [-0.4, -0.2) is 38.3 Å². The molecule has 6 heteroatoms. The first-order valence-corrected chi connectivity index (χ1v) is 6.09. The average Bonchev–Trinajstić information content (AvgIpc) is 2.44. The Morgan fingerprint density at radius 1 is 1.59 bits per heavy atom. The maximum Gasteiger partial charge on any atom is 0.323 e. The second kappa shape index (κ2) is 4.78. The van der Waals surface area contributed by atoms with E-state index in [0.29, 0.717) is 6.54 Å². The van der Waals surface area contributed by atoms with E-state index in [1.54, 1.807) is 30.5 Å². The summed E-state index contributed by atoms with van der Waals surface area (Å²) >= 11 is 3.48. The summed E-state index contributed by atoms with van der Waals surface area (Å²) in [4.78, 5) is 12.9. The number of aromatic nitrogens is 2. The van der Waals surface area contributed by atoms with Crippen LogP contribution in [0.3, 0.4) is 0 Å². The van der Waals surface area contributed by atoms with Crippen LogP contribution in [0.4, 0.5) is 0 Å². The van der Waals surface area contributed by atoms with E-state index in [1.807, 2.05) is 14.0 Å². The fourth-order valence-corrected chi connectivity index (χ4v) is 1.90. The van der Waals surface area contributed by atoms with Crippen molar-refractivity contribution in [1.29, 1.82) is 0 Å². The molecule has 0 radical (unpaired) electrons. The van der Waals surface area contributed by atoms with Gasteiger partial charge in [0.25, 0.3) is 0 Å². The molecule has 0 saturated heterocycles. The number of halogens is 1.